The Morgan fingerprint density at radius 2 is 2.21 bits per heavy atom. The summed E-state index contributed by atoms with van der Waals surface area (Å²) in [5.41, 5.74) is 6.42. The zero-order valence-corrected chi connectivity index (χ0v) is 11.3. The van der Waals surface area contributed by atoms with Gasteiger partial charge in [-0.2, -0.15) is 5.10 Å². The van der Waals surface area contributed by atoms with Crippen LogP contribution in [0.4, 0.5) is 5.69 Å². The summed E-state index contributed by atoms with van der Waals surface area (Å²) >= 11 is 0. The molecule has 19 heavy (non-hydrogen) atoms. The average Bonchev–Trinajstić information content (AvgIpc) is 2.68. The fourth-order valence-electron chi connectivity index (χ4n) is 2.03. The number of nitrogens with two attached hydrogens (primary N) is 1. The minimum absolute atomic E-state index is 0.225. The van der Waals surface area contributed by atoms with E-state index >= 15 is 0 Å². The number of aliphatic hydroxyl groups is 1. The first kappa shape index (κ1) is 13.4. The van der Waals surface area contributed by atoms with Gasteiger partial charge in [-0.25, -0.2) is 0 Å². The molecule has 0 fully saturated rings. The van der Waals surface area contributed by atoms with Crippen LogP contribution in [0.3, 0.4) is 0 Å². The van der Waals surface area contributed by atoms with Crippen molar-refractivity contribution in [2.45, 2.75) is 19.4 Å². The number of fused-ring (bicyclic) bond motifs is 1. The normalized spacial score (nSPS) is 11.8. The van der Waals surface area contributed by atoms with Gasteiger partial charge in [-0.3, -0.25) is 9.89 Å². The number of likely N-dealkylation sites (N-methyl/N-ethyl adjacent to an activating group) is 1. The van der Waals surface area contributed by atoms with Crippen LogP contribution in [0, 0.1) is 0 Å². The summed E-state index contributed by atoms with van der Waals surface area (Å²) in [6.07, 6.45) is 0. The molecule has 4 N–H and O–H groups in total. The molecule has 0 saturated carbocycles. The van der Waals surface area contributed by atoms with Gasteiger partial charge in [0.15, 0.2) is 5.69 Å². The van der Waals surface area contributed by atoms with E-state index in [1.54, 1.807) is 39.1 Å². The Morgan fingerprint density at radius 3 is 2.84 bits per heavy atom. The molecule has 0 aliphatic heterocycles. The summed E-state index contributed by atoms with van der Waals surface area (Å²) in [6.45, 7) is 3.53. The van der Waals surface area contributed by atoms with Gasteiger partial charge in [-0.05, 0) is 32.0 Å². The maximum Gasteiger partial charge on any atom is 0.274 e. The van der Waals surface area contributed by atoms with Crippen LogP contribution in [0.1, 0.15) is 24.3 Å². The number of carbonyl (C=O) groups excluding carboxylic acids is 1. The van der Waals surface area contributed by atoms with E-state index in [2.05, 4.69) is 10.2 Å². The number of nitrogens with one attached hydrogen (secondary N) is 1. The lowest BCUT2D eigenvalue weighted by Gasteiger charge is -2.25. The molecule has 0 aliphatic carbocycles. The highest BCUT2D eigenvalue weighted by molar-refractivity contribution is 6.05. The Labute approximate surface area is 111 Å². The molecule has 6 nitrogen and oxygen atoms in total. The predicted octanol–water partition coefficient (Wildman–Crippen LogP) is 0.988. The number of nitrogens with zero attached hydrogens (tertiary/aromatic N) is 2. The third-order valence-corrected chi connectivity index (χ3v) is 2.76. The van der Waals surface area contributed by atoms with Crippen LogP contribution < -0.4 is 5.73 Å². The first-order valence-electron chi connectivity index (χ1n) is 5.99. The fraction of sp³-hybridized carbons (Fsp3) is 0.385. The number of amides is 1. The van der Waals surface area contributed by atoms with Crippen molar-refractivity contribution in [2.24, 2.45) is 0 Å². The number of nitrogen functional groups attached to an aromatic ring is 1. The second-order valence-corrected chi connectivity index (χ2v) is 5.35. The van der Waals surface area contributed by atoms with Gasteiger partial charge in [0.2, 0.25) is 0 Å². The van der Waals surface area contributed by atoms with Gasteiger partial charge in [-0.15, -0.1) is 0 Å². The van der Waals surface area contributed by atoms with Crippen molar-refractivity contribution < 1.29 is 9.90 Å². The van der Waals surface area contributed by atoms with E-state index < -0.39 is 5.60 Å². The highest BCUT2D eigenvalue weighted by atomic mass is 16.3. The molecule has 0 saturated heterocycles. The van der Waals surface area contributed by atoms with E-state index in [0.717, 1.165) is 5.52 Å². The van der Waals surface area contributed by atoms with Crippen LogP contribution in [0.25, 0.3) is 10.9 Å². The number of hydrogen-bond donors (Lipinski definition) is 3. The first-order chi connectivity index (χ1) is 8.78. The van der Waals surface area contributed by atoms with Crippen molar-refractivity contribution in [3.05, 3.63) is 23.9 Å². The number of H-pyrrole nitrogens is 1. The topological polar surface area (TPSA) is 95.2 Å². The summed E-state index contributed by atoms with van der Waals surface area (Å²) in [5, 5.41) is 17.3. The van der Waals surface area contributed by atoms with Crippen molar-refractivity contribution in [3.63, 3.8) is 0 Å². The van der Waals surface area contributed by atoms with Crippen molar-refractivity contribution in [1.82, 2.24) is 15.1 Å². The highest BCUT2D eigenvalue weighted by Crippen LogP contribution is 2.20. The quantitative estimate of drug-likeness (QED) is 0.719. The zero-order chi connectivity index (χ0) is 14.2. The molecule has 102 valence electrons. The minimum atomic E-state index is -0.949. The van der Waals surface area contributed by atoms with E-state index in [1.807, 2.05) is 0 Å². The summed E-state index contributed by atoms with van der Waals surface area (Å²) < 4.78 is 0. The predicted molar refractivity (Wildman–Crippen MR) is 73.8 cm³/mol. The smallest absolute Gasteiger partial charge is 0.274 e. The largest absolute Gasteiger partial charge is 0.399 e. The second-order valence-electron chi connectivity index (χ2n) is 5.35. The number of carbonyl (C=O) groups is 1. The van der Waals surface area contributed by atoms with Gasteiger partial charge in [0.1, 0.15) is 0 Å². The Kier molecular flexibility index (Phi) is 3.20. The fourth-order valence-corrected chi connectivity index (χ4v) is 2.03. The van der Waals surface area contributed by atoms with E-state index in [-0.39, 0.29) is 12.5 Å². The maximum absolute atomic E-state index is 12.3. The van der Waals surface area contributed by atoms with Crippen molar-refractivity contribution in [2.75, 3.05) is 19.3 Å². The molecule has 0 unspecified atom stereocenters. The number of anilines is 1. The molecule has 0 spiro atoms. The standard InChI is InChI=1S/C13H18N4O2/c1-13(2,19)7-17(3)12(18)11-9-6-8(14)4-5-10(9)15-16-11/h4-6,19H,7,14H2,1-3H3,(H,15,16). The van der Waals surface area contributed by atoms with Crippen LogP contribution in [0.5, 0.6) is 0 Å². The lowest BCUT2D eigenvalue weighted by Crippen LogP contribution is -2.39. The van der Waals surface area contributed by atoms with Gasteiger partial charge in [0, 0.05) is 24.7 Å². The van der Waals surface area contributed by atoms with Crippen LogP contribution in [0.15, 0.2) is 18.2 Å². The average molecular weight is 262 g/mol. The van der Waals surface area contributed by atoms with Gasteiger partial charge in [0.25, 0.3) is 5.91 Å². The van der Waals surface area contributed by atoms with E-state index in [0.29, 0.717) is 16.8 Å². The summed E-state index contributed by atoms with van der Waals surface area (Å²) in [4.78, 5) is 13.7. The maximum atomic E-state index is 12.3. The molecular formula is C13H18N4O2. The van der Waals surface area contributed by atoms with Crippen LogP contribution in [-0.4, -0.2) is 45.3 Å². The van der Waals surface area contributed by atoms with Gasteiger partial charge >= 0.3 is 0 Å². The molecule has 1 heterocycles. The third kappa shape index (κ3) is 2.85. The second kappa shape index (κ2) is 4.55. The number of benzene rings is 1. The van der Waals surface area contributed by atoms with E-state index in [1.165, 1.54) is 4.90 Å². The Bertz CT molecular complexity index is 613. The van der Waals surface area contributed by atoms with Crippen LogP contribution in [0.2, 0.25) is 0 Å². The molecule has 1 aromatic carbocycles. The number of aromatic nitrogens is 2. The lowest BCUT2D eigenvalue weighted by molar-refractivity contribution is 0.0366. The number of rotatable bonds is 3. The summed E-state index contributed by atoms with van der Waals surface area (Å²) in [5.74, 6) is -0.251. The number of hydrogen-bond acceptors (Lipinski definition) is 4. The van der Waals surface area contributed by atoms with Gasteiger partial charge < -0.3 is 15.7 Å². The molecule has 0 aliphatic rings. The Hall–Kier alpha value is -2.08. The number of aromatic amines is 1. The molecular weight excluding hydrogens is 244 g/mol. The van der Waals surface area contributed by atoms with Crippen LogP contribution >= 0.6 is 0 Å². The van der Waals surface area contributed by atoms with Crippen molar-refractivity contribution >= 4 is 22.5 Å². The minimum Gasteiger partial charge on any atom is -0.399 e. The first-order valence-corrected chi connectivity index (χ1v) is 5.99. The van der Waals surface area contributed by atoms with Crippen molar-refractivity contribution in [3.8, 4) is 0 Å². The summed E-state index contributed by atoms with van der Waals surface area (Å²) in [6, 6.07) is 5.24. The third-order valence-electron chi connectivity index (χ3n) is 2.76. The molecule has 0 radical (unpaired) electrons. The van der Waals surface area contributed by atoms with Crippen LogP contribution in [-0.2, 0) is 0 Å². The van der Waals surface area contributed by atoms with Gasteiger partial charge in [-0.1, -0.05) is 0 Å². The molecule has 6 heteroatoms. The van der Waals surface area contributed by atoms with Crippen molar-refractivity contribution in [1.29, 1.82) is 0 Å². The SMILES string of the molecule is CN(CC(C)(C)O)C(=O)c1n[nH]c2ccc(N)cc12. The molecule has 0 bridgehead atoms. The Balaban J connectivity index is 2.34. The highest BCUT2D eigenvalue weighted by Gasteiger charge is 2.23. The Morgan fingerprint density at radius 1 is 1.53 bits per heavy atom. The monoisotopic (exact) mass is 262 g/mol. The molecule has 1 amide bonds. The zero-order valence-electron chi connectivity index (χ0n) is 11.3. The molecule has 1 aromatic heterocycles. The van der Waals surface area contributed by atoms with Gasteiger partial charge in [0.05, 0.1) is 11.1 Å². The van der Waals surface area contributed by atoms with E-state index in [9.17, 15) is 9.90 Å². The molecule has 0 atom stereocenters. The molecule has 2 aromatic rings. The molecule has 2 rings (SSSR count). The summed E-state index contributed by atoms with van der Waals surface area (Å²) in [7, 11) is 1.63. The van der Waals surface area contributed by atoms with E-state index in [4.69, 9.17) is 5.73 Å². The lowest BCUT2D eigenvalue weighted by atomic mass is 10.1.